The monoisotopic (exact) mass is 1270 g/mol. The van der Waals surface area contributed by atoms with Crippen LogP contribution in [-0.4, -0.2) is 69.4 Å². The molecule has 0 saturated carbocycles. The minimum Gasteiger partial charge on any atom is -0.756 e. The Kier molecular flexibility index (Phi) is 65.1. The number of quaternary nitrogens is 1. The van der Waals surface area contributed by atoms with Gasteiger partial charge < -0.3 is 28.5 Å². The lowest BCUT2D eigenvalue weighted by Gasteiger charge is -2.30. The molecule has 0 fully saturated rings. The zero-order valence-electron chi connectivity index (χ0n) is 59.0. The Hall–Kier alpha value is -3.85. The van der Waals surface area contributed by atoms with Crippen LogP contribution in [0.5, 0.6) is 0 Å². The summed E-state index contributed by atoms with van der Waals surface area (Å²) < 4.78 is 30.5. The van der Waals surface area contributed by atoms with Crippen LogP contribution in [0.25, 0.3) is 0 Å². The number of phosphoric acid groups is 1. The number of likely N-dealkylation sites (N-methyl/N-ethyl adjacent to an activating group) is 1. The standard InChI is InChI=1S/C80H139N2O7P/c1-7-10-13-16-19-22-25-28-30-32-34-36-38-40-41-43-45-47-49-51-53-55-58-61-64-67-70-73-80(84)89-78(71-68-65-62-59-56-27-24-21-18-15-12-9-3)77(76-88-90(85,86)87-75-74-82(4,5)6)81-79(83)72-69-66-63-60-57-54-52-50-48-46-44-42-39-37-35-33-31-29-26-23-20-17-14-11-8-2/h10-11,13-14,19-20,22-23,28-31,34-37,40-42,44,68,71,77-78H,7-9,12,15-18,21,24-27,32-33,38-39,43,45-67,69-70,72-76H2,1-6H3,(H-,81,83,85,86)/b13-10-,14-11-,22-19-,23-20-,30-28-,31-29-,36-34-,37-35-,41-40-,44-42-,71-68+. The molecular weight excluding hydrogens is 1130 g/mol. The van der Waals surface area contributed by atoms with Crippen molar-refractivity contribution in [2.75, 3.05) is 40.9 Å². The molecule has 9 nitrogen and oxygen atoms in total. The fourth-order valence-corrected chi connectivity index (χ4v) is 10.9. The Labute approximate surface area is 556 Å². The minimum absolute atomic E-state index is 0.0300. The van der Waals surface area contributed by atoms with Crippen LogP contribution < -0.4 is 10.2 Å². The smallest absolute Gasteiger partial charge is 0.306 e. The summed E-state index contributed by atoms with van der Waals surface area (Å²) in [4.78, 5) is 40.3. The highest BCUT2D eigenvalue weighted by molar-refractivity contribution is 7.45. The van der Waals surface area contributed by atoms with Gasteiger partial charge in [0, 0.05) is 12.8 Å². The predicted octanol–water partition coefficient (Wildman–Crippen LogP) is 23.3. The molecule has 0 aromatic carbocycles. The molecule has 3 atom stereocenters. The summed E-state index contributed by atoms with van der Waals surface area (Å²) in [6, 6.07) is -0.903. The predicted molar refractivity (Wildman–Crippen MR) is 390 cm³/mol. The van der Waals surface area contributed by atoms with Gasteiger partial charge in [0.25, 0.3) is 7.82 Å². The molecule has 0 radical (unpaired) electrons. The molecule has 1 N–H and O–H groups in total. The number of allylic oxidation sites excluding steroid dienone is 21. The molecule has 0 aromatic rings. The lowest BCUT2D eigenvalue weighted by atomic mass is 10.0. The fourth-order valence-electron chi connectivity index (χ4n) is 10.2. The summed E-state index contributed by atoms with van der Waals surface area (Å²) in [5.41, 5.74) is 0. The Bertz CT molecular complexity index is 2000. The molecular formula is C80H139N2O7P. The van der Waals surface area contributed by atoms with E-state index in [1.807, 2.05) is 33.3 Å². The van der Waals surface area contributed by atoms with Gasteiger partial charge >= 0.3 is 5.97 Å². The Morgan fingerprint density at radius 2 is 0.711 bits per heavy atom. The SMILES string of the molecule is CC/C=C\C/C=C\C/C=C\C/C=C\C/C=C\CCCCCCCCCCCCCC(=O)OC(/C=C/CCCCCCCCCCCC)C(COP(=O)([O-])OCC[N+](C)(C)C)NC(=O)CCCCCCCCCCC/C=C\C/C=C\C/C=C\C/C=C\C/C=C\CC. The Morgan fingerprint density at radius 3 is 1.07 bits per heavy atom. The number of carbonyl (C=O) groups is 2. The second-order valence-electron chi connectivity index (χ2n) is 25.7. The van der Waals surface area contributed by atoms with Crippen molar-refractivity contribution >= 4 is 19.7 Å². The van der Waals surface area contributed by atoms with Gasteiger partial charge in [0.1, 0.15) is 19.3 Å². The highest BCUT2D eigenvalue weighted by Gasteiger charge is 2.27. The van der Waals surface area contributed by atoms with Gasteiger partial charge in [0.15, 0.2) is 0 Å². The largest absolute Gasteiger partial charge is 0.756 e. The van der Waals surface area contributed by atoms with Crippen LogP contribution in [0, 0.1) is 0 Å². The van der Waals surface area contributed by atoms with Crippen LogP contribution >= 0.6 is 7.82 Å². The Balaban J connectivity index is 5.05. The van der Waals surface area contributed by atoms with Crippen LogP contribution in [0.15, 0.2) is 134 Å². The quantitative estimate of drug-likeness (QED) is 0.0212. The van der Waals surface area contributed by atoms with E-state index in [0.717, 1.165) is 148 Å². The number of unbranched alkanes of at least 4 members (excludes halogenated alkanes) is 30. The fraction of sp³-hybridized carbons (Fsp3) is 0.700. The van der Waals surface area contributed by atoms with Crippen molar-refractivity contribution in [3.8, 4) is 0 Å². The van der Waals surface area contributed by atoms with Crippen molar-refractivity contribution in [1.29, 1.82) is 0 Å². The molecule has 3 unspecified atom stereocenters. The molecule has 1 amide bonds. The first-order chi connectivity index (χ1) is 43.9. The number of hydrogen-bond donors (Lipinski definition) is 1. The first kappa shape index (κ1) is 86.2. The van der Waals surface area contributed by atoms with Crippen molar-refractivity contribution in [3.05, 3.63) is 134 Å². The normalized spacial score (nSPS) is 14.3. The van der Waals surface area contributed by atoms with Crippen LogP contribution in [-0.2, 0) is 27.9 Å². The third-order valence-electron chi connectivity index (χ3n) is 15.8. The van der Waals surface area contributed by atoms with E-state index < -0.39 is 26.6 Å². The van der Waals surface area contributed by atoms with Crippen molar-refractivity contribution in [2.24, 2.45) is 0 Å². The number of amides is 1. The van der Waals surface area contributed by atoms with E-state index in [9.17, 15) is 19.0 Å². The summed E-state index contributed by atoms with van der Waals surface area (Å²) in [5, 5.41) is 3.04. The zero-order chi connectivity index (χ0) is 65.6. The van der Waals surface area contributed by atoms with E-state index in [4.69, 9.17) is 13.8 Å². The second kappa shape index (κ2) is 68.0. The summed E-state index contributed by atoms with van der Waals surface area (Å²) in [5.74, 6) is -0.553. The number of nitrogens with zero attached hydrogens (tertiary/aromatic N) is 1. The molecule has 0 aliphatic heterocycles. The van der Waals surface area contributed by atoms with E-state index >= 15 is 0 Å². The Morgan fingerprint density at radius 1 is 0.400 bits per heavy atom. The third kappa shape index (κ3) is 68.5. The van der Waals surface area contributed by atoms with Crippen molar-refractivity contribution in [2.45, 2.75) is 322 Å². The van der Waals surface area contributed by atoms with Gasteiger partial charge in [-0.05, 0) is 122 Å². The van der Waals surface area contributed by atoms with E-state index in [-0.39, 0.29) is 24.9 Å². The third-order valence-corrected chi connectivity index (χ3v) is 16.8. The summed E-state index contributed by atoms with van der Waals surface area (Å²) >= 11 is 0. The van der Waals surface area contributed by atoms with Gasteiger partial charge in [-0.25, -0.2) is 0 Å². The zero-order valence-corrected chi connectivity index (χ0v) is 59.9. The molecule has 0 aliphatic rings. The van der Waals surface area contributed by atoms with Gasteiger partial charge in [0.2, 0.25) is 5.91 Å². The van der Waals surface area contributed by atoms with E-state index in [1.54, 1.807) is 0 Å². The number of ether oxygens (including phenoxy) is 1. The second-order valence-corrected chi connectivity index (χ2v) is 27.1. The van der Waals surface area contributed by atoms with Crippen molar-refractivity contribution < 1.29 is 37.3 Å². The average molecular weight is 1270 g/mol. The molecule has 0 bridgehead atoms. The summed E-state index contributed by atoms with van der Waals surface area (Å²) in [6.07, 6.45) is 97.2. The molecule has 0 saturated heterocycles. The number of hydrogen-bond acceptors (Lipinski definition) is 7. The molecule has 0 rings (SSSR count). The molecule has 0 spiro atoms. The maximum absolute atomic E-state index is 13.6. The average Bonchev–Trinajstić information content (AvgIpc) is 3.12. The first-order valence-corrected chi connectivity index (χ1v) is 38.5. The van der Waals surface area contributed by atoms with E-state index in [1.165, 1.54) is 128 Å². The van der Waals surface area contributed by atoms with Crippen molar-refractivity contribution in [1.82, 2.24) is 5.32 Å². The lowest BCUT2D eigenvalue weighted by molar-refractivity contribution is -0.870. The number of esters is 1. The number of rotatable bonds is 66. The maximum atomic E-state index is 13.6. The highest BCUT2D eigenvalue weighted by Crippen LogP contribution is 2.38. The van der Waals surface area contributed by atoms with Crippen LogP contribution in [0.2, 0.25) is 0 Å². The molecule has 90 heavy (non-hydrogen) atoms. The topological polar surface area (TPSA) is 114 Å². The van der Waals surface area contributed by atoms with E-state index in [0.29, 0.717) is 17.4 Å². The van der Waals surface area contributed by atoms with E-state index in [2.05, 4.69) is 148 Å². The van der Waals surface area contributed by atoms with Crippen molar-refractivity contribution in [3.63, 3.8) is 0 Å². The summed E-state index contributed by atoms with van der Waals surface area (Å²) in [7, 11) is 1.17. The lowest BCUT2D eigenvalue weighted by Crippen LogP contribution is -2.47. The molecule has 0 heterocycles. The van der Waals surface area contributed by atoms with Crippen LogP contribution in [0.4, 0.5) is 0 Å². The molecule has 0 aliphatic carbocycles. The van der Waals surface area contributed by atoms with Crippen LogP contribution in [0.1, 0.15) is 310 Å². The minimum atomic E-state index is -4.72. The van der Waals surface area contributed by atoms with Gasteiger partial charge in [-0.2, -0.15) is 0 Å². The van der Waals surface area contributed by atoms with Gasteiger partial charge in [-0.15, -0.1) is 0 Å². The number of carbonyl (C=O) groups excluding carboxylic acids is 2. The summed E-state index contributed by atoms with van der Waals surface area (Å²) in [6.45, 7) is 6.62. The van der Waals surface area contributed by atoms with Gasteiger partial charge in [-0.1, -0.05) is 309 Å². The number of nitrogens with one attached hydrogen (secondary N) is 1. The molecule has 516 valence electrons. The van der Waals surface area contributed by atoms with Crippen LogP contribution in [0.3, 0.4) is 0 Å². The number of phosphoric ester groups is 1. The highest BCUT2D eigenvalue weighted by atomic mass is 31.2. The first-order valence-electron chi connectivity index (χ1n) is 37.0. The van der Waals surface area contributed by atoms with Gasteiger partial charge in [-0.3, -0.25) is 14.2 Å². The maximum Gasteiger partial charge on any atom is 0.306 e. The molecule has 0 aromatic heterocycles. The molecule has 10 heteroatoms. The van der Waals surface area contributed by atoms with Gasteiger partial charge in [0.05, 0.1) is 33.8 Å².